The van der Waals surface area contributed by atoms with Crippen LogP contribution in [0.2, 0.25) is 0 Å². The zero-order valence-corrected chi connectivity index (χ0v) is 13.2. The molecule has 0 aliphatic carbocycles. The van der Waals surface area contributed by atoms with Crippen LogP contribution in [0, 0.1) is 16.0 Å². The second kappa shape index (κ2) is 8.33. The maximum absolute atomic E-state index is 12.1. The Morgan fingerprint density at radius 1 is 1.41 bits per heavy atom. The fraction of sp³-hybridized carbons (Fsp3) is 0.533. The van der Waals surface area contributed by atoms with Crippen molar-refractivity contribution in [1.29, 1.82) is 0 Å². The van der Waals surface area contributed by atoms with Crippen LogP contribution in [0.15, 0.2) is 24.3 Å². The monoisotopic (exact) mass is 309 g/mol. The van der Waals surface area contributed by atoms with Crippen molar-refractivity contribution in [3.8, 4) is 0 Å². The van der Waals surface area contributed by atoms with Gasteiger partial charge in [-0.15, -0.1) is 0 Å². The molecular formula is C15H23N3O4. The molecule has 1 rings (SSSR count). The molecule has 0 aromatic heterocycles. The highest BCUT2D eigenvalue weighted by Crippen LogP contribution is 2.26. The normalized spacial score (nSPS) is 12.0. The van der Waals surface area contributed by atoms with Gasteiger partial charge in [0, 0.05) is 25.8 Å². The van der Waals surface area contributed by atoms with Crippen molar-refractivity contribution in [3.63, 3.8) is 0 Å². The van der Waals surface area contributed by atoms with E-state index in [2.05, 4.69) is 5.32 Å². The first-order chi connectivity index (χ1) is 10.4. The lowest BCUT2D eigenvalue weighted by atomic mass is 10.0. The fourth-order valence-corrected chi connectivity index (χ4v) is 2.21. The average molecular weight is 309 g/mol. The van der Waals surface area contributed by atoms with Crippen molar-refractivity contribution < 1.29 is 14.8 Å². The van der Waals surface area contributed by atoms with Crippen LogP contribution in [0.1, 0.15) is 20.3 Å². The molecule has 2 N–H and O–H groups in total. The predicted octanol–water partition coefficient (Wildman–Crippen LogP) is 1.55. The Hall–Kier alpha value is -2.15. The van der Waals surface area contributed by atoms with Gasteiger partial charge in [-0.3, -0.25) is 14.9 Å². The number of benzene rings is 1. The first-order valence-corrected chi connectivity index (χ1v) is 7.21. The Morgan fingerprint density at radius 2 is 2.05 bits per heavy atom. The van der Waals surface area contributed by atoms with Crippen LogP contribution in [0.3, 0.4) is 0 Å². The summed E-state index contributed by atoms with van der Waals surface area (Å²) in [5, 5.41) is 22.9. The van der Waals surface area contributed by atoms with Gasteiger partial charge in [0.15, 0.2) is 0 Å². The second-order valence-corrected chi connectivity index (χ2v) is 5.53. The topological polar surface area (TPSA) is 95.7 Å². The van der Waals surface area contributed by atoms with Crippen LogP contribution in [0.25, 0.3) is 0 Å². The molecule has 7 heteroatoms. The van der Waals surface area contributed by atoms with Gasteiger partial charge in [-0.2, -0.15) is 0 Å². The zero-order valence-electron chi connectivity index (χ0n) is 13.2. The minimum absolute atomic E-state index is 0.00310. The van der Waals surface area contributed by atoms with Crippen molar-refractivity contribution in [2.24, 2.45) is 5.92 Å². The molecule has 1 aromatic carbocycles. The number of para-hydroxylation sites is 2. The summed E-state index contributed by atoms with van der Waals surface area (Å²) in [6.07, 6.45) is 0.485. The van der Waals surface area contributed by atoms with E-state index in [4.69, 9.17) is 5.11 Å². The van der Waals surface area contributed by atoms with E-state index >= 15 is 0 Å². The zero-order chi connectivity index (χ0) is 16.7. The number of rotatable bonds is 8. The standard InChI is InChI=1S/C15H23N3O4/c1-11(2)12(8-9-19)16-15(20)10-17(3)13-6-4-5-7-14(13)18(21)22/h4-7,11-12,19H,8-10H2,1-3H3,(H,16,20). The lowest BCUT2D eigenvalue weighted by molar-refractivity contribution is -0.384. The van der Waals surface area contributed by atoms with Gasteiger partial charge in [0.05, 0.1) is 11.5 Å². The van der Waals surface area contributed by atoms with E-state index in [1.54, 1.807) is 30.1 Å². The van der Waals surface area contributed by atoms with Crippen LogP contribution in [0.5, 0.6) is 0 Å². The molecule has 1 aromatic rings. The number of nitro benzene ring substituents is 1. The molecule has 0 saturated heterocycles. The number of nitrogens with one attached hydrogen (secondary N) is 1. The number of carbonyl (C=O) groups excluding carboxylic acids is 1. The fourth-order valence-electron chi connectivity index (χ4n) is 2.21. The molecule has 0 fully saturated rings. The van der Waals surface area contributed by atoms with E-state index in [-0.39, 0.29) is 36.7 Å². The Bertz CT molecular complexity index is 519. The summed E-state index contributed by atoms with van der Waals surface area (Å²) in [6, 6.07) is 6.19. The first kappa shape index (κ1) is 17.9. The van der Waals surface area contributed by atoms with E-state index in [1.807, 2.05) is 13.8 Å². The smallest absolute Gasteiger partial charge is 0.292 e. The van der Waals surface area contributed by atoms with Crippen molar-refractivity contribution >= 4 is 17.3 Å². The lowest BCUT2D eigenvalue weighted by Crippen LogP contribution is -2.44. The third kappa shape index (κ3) is 5.00. The number of aliphatic hydroxyl groups is 1. The SMILES string of the molecule is CC(C)C(CCO)NC(=O)CN(C)c1ccccc1[N+](=O)[O-]. The van der Waals surface area contributed by atoms with E-state index in [1.165, 1.54) is 6.07 Å². The predicted molar refractivity (Wildman–Crippen MR) is 84.8 cm³/mol. The highest BCUT2D eigenvalue weighted by atomic mass is 16.6. The van der Waals surface area contributed by atoms with Gasteiger partial charge < -0.3 is 15.3 Å². The number of nitrogens with zero attached hydrogens (tertiary/aromatic N) is 2. The molecule has 1 amide bonds. The molecule has 0 heterocycles. The molecule has 122 valence electrons. The number of anilines is 1. The Labute approximate surface area is 130 Å². The van der Waals surface area contributed by atoms with E-state index < -0.39 is 4.92 Å². The molecular weight excluding hydrogens is 286 g/mol. The number of hydrogen-bond donors (Lipinski definition) is 2. The summed E-state index contributed by atoms with van der Waals surface area (Å²) in [5.41, 5.74) is 0.361. The molecule has 0 aliphatic heterocycles. The summed E-state index contributed by atoms with van der Waals surface area (Å²) in [5.74, 6) is -0.0275. The molecule has 0 spiro atoms. The van der Waals surface area contributed by atoms with Gasteiger partial charge in [-0.25, -0.2) is 0 Å². The summed E-state index contributed by atoms with van der Waals surface area (Å²) in [7, 11) is 1.64. The van der Waals surface area contributed by atoms with Crippen LogP contribution in [0.4, 0.5) is 11.4 Å². The highest BCUT2D eigenvalue weighted by molar-refractivity contribution is 5.82. The molecule has 7 nitrogen and oxygen atoms in total. The minimum Gasteiger partial charge on any atom is -0.396 e. The molecule has 0 saturated carbocycles. The Morgan fingerprint density at radius 3 is 2.59 bits per heavy atom. The van der Waals surface area contributed by atoms with Gasteiger partial charge in [0.2, 0.25) is 5.91 Å². The molecule has 0 aliphatic rings. The maximum atomic E-state index is 12.1. The summed E-state index contributed by atoms with van der Waals surface area (Å²) >= 11 is 0. The molecule has 1 atom stereocenters. The number of carbonyl (C=O) groups is 1. The Kier molecular flexibility index (Phi) is 6.78. The lowest BCUT2D eigenvalue weighted by Gasteiger charge is -2.24. The number of hydrogen-bond acceptors (Lipinski definition) is 5. The van der Waals surface area contributed by atoms with Gasteiger partial charge in [0.1, 0.15) is 5.69 Å². The van der Waals surface area contributed by atoms with E-state index in [0.717, 1.165) is 0 Å². The van der Waals surface area contributed by atoms with Crippen LogP contribution >= 0.6 is 0 Å². The molecule has 0 radical (unpaired) electrons. The van der Waals surface area contributed by atoms with Gasteiger partial charge in [-0.1, -0.05) is 26.0 Å². The second-order valence-electron chi connectivity index (χ2n) is 5.53. The number of aliphatic hydroxyl groups excluding tert-OH is 1. The largest absolute Gasteiger partial charge is 0.396 e. The third-order valence-electron chi connectivity index (χ3n) is 3.46. The summed E-state index contributed by atoms with van der Waals surface area (Å²) in [6.45, 7) is 3.95. The van der Waals surface area contributed by atoms with Crippen LogP contribution < -0.4 is 10.2 Å². The third-order valence-corrected chi connectivity index (χ3v) is 3.46. The Balaban J connectivity index is 2.74. The van der Waals surface area contributed by atoms with Crippen molar-refractivity contribution in [3.05, 3.63) is 34.4 Å². The average Bonchev–Trinajstić information content (AvgIpc) is 2.46. The van der Waals surface area contributed by atoms with E-state index in [9.17, 15) is 14.9 Å². The summed E-state index contributed by atoms with van der Waals surface area (Å²) < 4.78 is 0. The molecule has 0 bridgehead atoms. The van der Waals surface area contributed by atoms with Crippen molar-refractivity contribution in [2.45, 2.75) is 26.3 Å². The van der Waals surface area contributed by atoms with Crippen molar-refractivity contribution in [2.75, 3.05) is 25.1 Å². The van der Waals surface area contributed by atoms with Crippen LogP contribution in [-0.4, -0.2) is 42.2 Å². The quantitative estimate of drug-likeness (QED) is 0.561. The number of nitro groups is 1. The number of amides is 1. The number of likely N-dealkylation sites (N-methyl/N-ethyl adjacent to an activating group) is 1. The van der Waals surface area contributed by atoms with E-state index in [0.29, 0.717) is 12.1 Å². The molecule has 22 heavy (non-hydrogen) atoms. The van der Waals surface area contributed by atoms with Gasteiger partial charge >= 0.3 is 0 Å². The van der Waals surface area contributed by atoms with Gasteiger partial charge in [0.25, 0.3) is 5.69 Å². The first-order valence-electron chi connectivity index (χ1n) is 7.21. The maximum Gasteiger partial charge on any atom is 0.292 e. The van der Waals surface area contributed by atoms with Gasteiger partial charge in [-0.05, 0) is 18.4 Å². The summed E-state index contributed by atoms with van der Waals surface area (Å²) in [4.78, 5) is 24.2. The van der Waals surface area contributed by atoms with Crippen molar-refractivity contribution in [1.82, 2.24) is 5.32 Å². The minimum atomic E-state index is -0.466. The molecule has 1 unspecified atom stereocenters. The van der Waals surface area contributed by atoms with Crippen LogP contribution in [-0.2, 0) is 4.79 Å². The highest BCUT2D eigenvalue weighted by Gasteiger charge is 2.20.